The number of carbonyl (C=O) groups is 1. The van der Waals surface area contributed by atoms with Crippen LogP contribution < -0.4 is 5.32 Å². The molecule has 0 aliphatic carbocycles. The lowest BCUT2D eigenvalue weighted by Crippen LogP contribution is -2.24. The van der Waals surface area contributed by atoms with Gasteiger partial charge in [-0.15, -0.1) is 0 Å². The van der Waals surface area contributed by atoms with Gasteiger partial charge in [-0.05, 0) is 22.9 Å². The molecule has 1 aromatic rings. The number of nitro groups is 1. The van der Waals surface area contributed by atoms with Gasteiger partial charge >= 0.3 is 0 Å². The largest absolute Gasteiger partial charge is 0.369 e. The zero-order valence-electron chi connectivity index (χ0n) is 10.9. The Morgan fingerprint density at radius 2 is 2.21 bits per heavy atom. The molecule has 0 unspecified atom stereocenters. The Kier molecular flexibility index (Phi) is 5.22. The number of amides is 1. The Hall–Kier alpha value is -1.70. The molecule has 7 nitrogen and oxygen atoms in total. The lowest BCUT2D eigenvalue weighted by Gasteiger charge is -2.12. The van der Waals surface area contributed by atoms with Crippen LogP contribution in [0, 0.1) is 17.0 Å². The first kappa shape index (κ1) is 15.4. The number of hydrogen-bond donors (Lipinski definition) is 1. The first-order valence-corrected chi connectivity index (χ1v) is 6.37. The molecule has 1 rings (SSSR count). The molecule has 1 aromatic heterocycles. The summed E-state index contributed by atoms with van der Waals surface area (Å²) in [5.41, 5.74) is 0.461. The minimum absolute atomic E-state index is 0.00209. The van der Waals surface area contributed by atoms with Crippen molar-refractivity contribution in [3.05, 3.63) is 26.3 Å². The summed E-state index contributed by atoms with van der Waals surface area (Å²) in [6.45, 7) is 2.06. The van der Waals surface area contributed by atoms with E-state index in [0.29, 0.717) is 28.8 Å². The number of anilines is 1. The summed E-state index contributed by atoms with van der Waals surface area (Å²) in [5, 5.41) is 13.7. The van der Waals surface area contributed by atoms with Crippen LogP contribution in [0.2, 0.25) is 0 Å². The van der Waals surface area contributed by atoms with Gasteiger partial charge in [0, 0.05) is 32.6 Å². The standard InChI is InChI=1S/C11H15BrN4O3/c1-7-8(16(18)19)6-14-11(10(7)12)13-5-4-9(17)15(2)3/h6H,4-5H2,1-3H3,(H,13,14). The summed E-state index contributed by atoms with van der Waals surface area (Å²) in [7, 11) is 3.37. The average molecular weight is 331 g/mol. The number of rotatable bonds is 5. The van der Waals surface area contributed by atoms with Crippen LogP contribution in [-0.4, -0.2) is 41.4 Å². The summed E-state index contributed by atoms with van der Waals surface area (Å²) < 4.78 is 0.541. The Morgan fingerprint density at radius 1 is 1.58 bits per heavy atom. The number of carbonyl (C=O) groups excluding carboxylic acids is 1. The van der Waals surface area contributed by atoms with Crippen LogP contribution in [0.3, 0.4) is 0 Å². The van der Waals surface area contributed by atoms with Crippen molar-refractivity contribution in [3.8, 4) is 0 Å². The van der Waals surface area contributed by atoms with E-state index in [4.69, 9.17) is 0 Å². The molecule has 0 fully saturated rings. The van der Waals surface area contributed by atoms with Crippen LogP contribution in [0.4, 0.5) is 11.5 Å². The van der Waals surface area contributed by atoms with Gasteiger partial charge in [0.2, 0.25) is 5.91 Å². The summed E-state index contributed by atoms with van der Waals surface area (Å²) >= 11 is 3.27. The van der Waals surface area contributed by atoms with E-state index in [2.05, 4.69) is 26.2 Å². The monoisotopic (exact) mass is 330 g/mol. The minimum Gasteiger partial charge on any atom is -0.369 e. The molecule has 0 bridgehead atoms. The van der Waals surface area contributed by atoms with E-state index in [0.717, 1.165) is 0 Å². The Labute approximate surface area is 119 Å². The summed E-state index contributed by atoms with van der Waals surface area (Å²) in [5.74, 6) is 0.497. The van der Waals surface area contributed by atoms with Gasteiger partial charge in [-0.25, -0.2) is 4.98 Å². The van der Waals surface area contributed by atoms with Gasteiger partial charge in [0.1, 0.15) is 12.0 Å². The second kappa shape index (κ2) is 6.46. The van der Waals surface area contributed by atoms with Gasteiger partial charge in [0.15, 0.2) is 0 Å². The second-order valence-electron chi connectivity index (χ2n) is 4.15. The summed E-state index contributed by atoms with van der Waals surface area (Å²) in [6, 6.07) is 0. The highest BCUT2D eigenvalue weighted by Crippen LogP contribution is 2.30. The van der Waals surface area contributed by atoms with Crippen molar-refractivity contribution in [2.45, 2.75) is 13.3 Å². The maximum atomic E-state index is 11.4. The molecule has 0 atom stereocenters. The fraction of sp³-hybridized carbons (Fsp3) is 0.455. The Morgan fingerprint density at radius 3 is 2.74 bits per heavy atom. The van der Waals surface area contributed by atoms with Gasteiger partial charge in [-0.1, -0.05) is 0 Å². The molecule has 0 spiro atoms. The van der Waals surface area contributed by atoms with Crippen molar-refractivity contribution in [1.29, 1.82) is 0 Å². The first-order chi connectivity index (χ1) is 8.84. The van der Waals surface area contributed by atoms with Gasteiger partial charge < -0.3 is 10.2 Å². The van der Waals surface area contributed by atoms with E-state index in [-0.39, 0.29) is 11.6 Å². The number of nitrogens with zero attached hydrogens (tertiary/aromatic N) is 3. The molecular weight excluding hydrogens is 316 g/mol. The zero-order chi connectivity index (χ0) is 14.6. The number of halogens is 1. The Balaban J connectivity index is 2.73. The number of nitrogens with one attached hydrogen (secondary N) is 1. The number of aromatic nitrogens is 1. The van der Waals surface area contributed by atoms with Crippen LogP contribution in [0.1, 0.15) is 12.0 Å². The van der Waals surface area contributed by atoms with E-state index in [9.17, 15) is 14.9 Å². The quantitative estimate of drug-likeness (QED) is 0.658. The first-order valence-electron chi connectivity index (χ1n) is 5.58. The van der Waals surface area contributed by atoms with Gasteiger partial charge in [-0.3, -0.25) is 14.9 Å². The number of pyridine rings is 1. The third kappa shape index (κ3) is 3.88. The van der Waals surface area contributed by atoms with Crippen LogP contribution >= 0.6 is 15.9 Å². The molecule has 0 aliphatic heterocycles. The van der Waals surface area contributed by atoms with E-state index in [1.165, 1.54) is 11.1 Å². The molecule has 104 valence electrons. The molecule has 0 radical (unpaired) electrons. The predicted molar refractivity (Wildman–Crippen MR) is 75.1 cm³/mol. The lowest BCUT2D eigenvalue weighted by molar-refractivity contribution is -0.385. The molecule has 1 amide bonds. The highest BCUT2D eigenvalue weighted by molar-refractivity contribution is 9.10. The van der Waals surface area contributed by atoms with Crippen LogP contribution in [0.25, 0.3) is 0 Å². The maximum absolute atomic E-state index is 11.4. The smallest absolute Gasteiger partial charge is 0.291 e. The van der Waals surface area contributed by atoms with Crippen molar-refractivity contribution in [1.82, 2.24) is 9.88 Å². The summed E-state index contributed by atoms with van der Waals surface area (Å²) in [4.78, 5) is 27.1. The second-order valence-corrected chi connectivity index (χ2v) is 4.95. The molecule has 0 aliphatic rings. The summed E-state index contributed by atoms with van der Waals surface area (Å²) in [6.07, 6.45) is 1.54. The van der Waals surface area contributed by atoms with Gasteiger partial charge in [-0.2, -0.15) is 0 Å². The normalized spacial score (nSPS) is 10.1. The van der Waals surface area contributed by atoms with Crippen molar-refractivity contribution in [2.24, 2.45) is 0 Å². The Bertz CT molecular complexity index is 505. The van der Waals surface area contributed by atoms with E-state index < -0.39 is 4.92 Å². The molecule has 8 heteroatoms. The van der Waals surface area contributed by atoms with Crippen molar-refractivity contribution >= 4 is 33.3 Å². The third-order valence-electron chi connectivity index (χ3n) is 2.56. The molecule has 0 saturated carbocycles. The van der Waals surface area contributed by atoms with Crippen molar-refractivity contribution < 1.29 is 9.72 Å². The van der Waals surface area contributed by atoms with E-state index in [1.54, 1.807) is 21.0 Å². The average Bonchev–Trinajstić information content (AvgIpc) is 2.33. The molecule has 0 aromatic carbocycles. The highest BCUT2D eigenvalue weighted by Gasteiger charge is 2.17. The maximum Gasteiger partial charge on any atom is 0.291 e. The third-order valence-corrected chi connectivity index (χ3v) is 3.53. The topological polar surface area (TPSA) is 88.4 Å². The van der Waals surface area contributed by atoms with Gasteiger partial charge in [0.05, 0.1) is 9.40 Å². The van der Waals surface area contributed by atoms with E-state index >= 15 is 0 Å². The molecule has 0 saturated heterocycles. The zero-order valence-corrected chi connectivity index (χ0v) is 12.5. The fourth-order valence-electron chi connectivity index (χ4n) is 1.39. The molecule has 1 N–H and O–H groups in total. The SMILES string of the molecule is Cc1c([N+](=O)[O-])cnc(NCCC(=O)N(C)C)c1Br. The van der Waals surface area contributed by atoms with Crippen LogP contribution in [0.5, 0.6) is 0 Å². The fourth-order valence-corrected chi connectivity index (χ4v) is 1.83. The minimum atomic E-state index is -0.480. The molecule has 1 heterocycles. The van der Waals surface area contributed by atoms with Crippen molar-refractivity contribution in [2.75, 3.05) is 26.0 Å². The van der Waals surface area contributed by atoms with Gasteiger partial charge in [0.25, 0.3) is 5.69 Å². The lowest BCUT2D eigenvalue weighted by atomic mass is 10.2. The molecular formula is C11H15BrN4O3. The number of hydrogen-bond acceptors (Lipinski definition) is 5. The highest BCUT2D eigenvalue weighted by atomic mass is 79.9. The van der Waals surface area contributed by atoms with Crippen LogP contribution in [-0.2, 0) is 4.79 Å². The van der Waals surface area contributed by atoms with Crippen molar-refractivity contribution in [3.63, 3.8) is 0 Å². The van der Waals surface area contributed by atoms with E-state index in [1.807, 2.05) is 0 Å². The molecule has 19 heavy (non-hydrogen) atoms. The van der Waals surface area contributed by atoms with Crippen LogP contribution in [0.15, 0.2) is 10.7 Å². The predicted octanol–water partition coefficient (Wildman–Crippen LogP) is 1.95.